The molecule has 0 aromatic heterocycles. The van der Waals surface area contributed by atoms with E-state index in [0.717, 1.165) is 0 Å². The highest BCUT2D eigenvalue weighted by Gasteiger charge is 2.52. The van der Waals surface area contributed by atoms with E-state index in [4.69, 9.17) is 9.47 Å². The van der Waals surface area contributed by atoms with Crippen molar-refractivity contribution in [3.63, 3.8) is 0 Å². The van der Waals surface area contributed by atoms with Gasteiger partial charge in [0, 0.05) is 0 Å². The van der Waals surface area contributed by atoms with Crippen LogP contribution in [0.2, 0.25) is 0 Å². The van der Waals surface area contributed by atoms with Gasteiger partial charge in [-0.25, -0.2) is 0 Å². The zero-order valence-electron chi connectivity index (χ0n) is 18.5. The molecule has 0 rings (SSSR count). The first-order valence-corrected chi connectivity index (χ1v) is 9.47. The summed E-state index contributed by atoms with van der Waals surface area (Å²) in [6.07, 6.45) is 0.245. The van der Waals surface area contributed by atoms with Crippen molar-refractivity contribution in [1.29, 1.82) is 0 Å². The Labute approximate surface area is 163 Å². The quantitative estimate of drug-likeness (QED) is 0.501. The van der Waals surface area contributed by atoms with E-state index in [9.17, 15) is 19.2 Å². The highest BCUT2D eigenvalue weighted by atomic mass is 16.6. The monoisotopic (exact) mass is 384 g/mol. The van der Waals surface area contributed by atoms with Gasteiger partial charge in [-0.3, -0.25) is 19.2 Å². The highest BCUT2D eigenvalue weighted by Crippen LogP contribution is 2.38. The van der Waals surface area contributed by atoms with Gasteiger partial charge in [-0.15, -0.1) is 0 Å². The Kier molecular flexibility index (Phi) is 8.41. The molecule has 0 aliphatic heterocycles. The van der Waals surface area contributed by atoms with Crippen LogP contribution < -0.4 is 0 Å². The minimum atomic E-state index is -1.70. The number of carbonyl (C=O) groups excluding carboxylic acids is 4. The number of esters is 4. The van der Waals surface area contributed by atoms with E-state index in [0.29, 0.717) is 0 Å². The van der Waals surface area contributed by atoms with Gasteiger partial charge in [-0.2, -0.15) is 0 Å². The molecule has 156 valence electrons. The van der Waals surface area contributed by atoms with Crippen LogP contribution >= 0.6 is 0 Å². The van der Waals surface area contributed by atoms with Crippen LogP contribution in [-0.4, -0.2) is 23.9 Å². The van der Waals surface area contributed by atoms with Crippen molar-refractivity contribution >= 4 is 23.9 Å². The Balaban J connectivity index is 6.03. The smallest absolute Gasteiger partial charge is 0.331 e. The van der Waals surface area contributed by atoms with Gasteiger partial charge in [-0.05, 0) is 66.2 Å². The molecule has 0 saturated heterocycles. The van der Waals surface area contributed by atoms with Gasteiger partial charge in [0.25, 0.3) is 0 Å². The summed E-state index contributed by atoms with van der Waals surface area (Å²) in [5, 5.41) is 0. The summed E-state index contributed by atoms with van der Waals surface area (Å²) >= 11 is 0. The minimum absolute atomic E-state index is 0.0571. The van der Waals surface area contributed by atoms with E-state index in [-0.39, 0.29) is 24.7 Å². The summed E-state index contributed by atoms with van der Waals surface area (Å²) in [5.74, 6) is -3.46. The third kappa shape index (κ3) is 7.43. The van der Waals surface area contributed by atoms with E-state index in [2.05, 4.69) is 0 Å². The molecule has 0 aliphatic rings. The van der Waals surface area contributed by atoms with E-state index in [1.807, 2.05) is 27.7 Å². The summed E-state index contributed by atoms with van der Waals surface area (Å²) in [6.45, 7) is 17.1. The largest absolute Gasteiger partial charge is 0.392 e. The fraction of sp³-hybridized carbons (Fsp3) is 0.810. The van der Waals surface area contributed by atoms with Crippen molar-refractivity contribution in [3.8, 4) is 0 Å². The molecule has 6 nitrogen and oxygen atoms in total. The molecule has 0 N–H and O–H groups in total. The van der Waals surface area contributed by atoms with Crippen molar-refractivity contribution in [2.45, 2.75) is 82.1 Å². The van der Waals surface area contributed by atoms with Crippen molar-refractivity contribution in [1.82, 2.24) is 0 Å². The lowest BCUT2D eigenvalue weighted by atomic mass is 9.74. The third-order valence-corrected chi connectivity index (χ3v) is 3.89. The number of rotatable bonds is 6. The van der Waals surface area contributed by atoms with Crippen molar-refractivity contribution < 1.29 is 28.7 Å². The number of carbonyl (C=O) groups is 4. The molecule has 0 fully saturated rings. The van der Waals surface area contributed by atoms with Crippen LogP contribution in [0.25, 0.3) is 0 Å². The predicted octanol–water partition coefficient (Wildman–Crippen LogP) is 4.30. The van der Waals surface area contributed by atoms with Crippen molar-refractivity contribution in [2.75, 3.05) is 0 Å². The van der Waals surface area contributed by atoms with Crippen LogP contribution in [-0.2, 0) is 28.7 Å². The van der Waals surface area contributed by atoms with Gasteiger partial charge in [0.2, 0.25) is 0 Å². The second kappa shape index (κ2) is 8.98. The Morgan fingerprint density at radius 3 is 1.04 bits per heavy atom. The van der Waals surface area contributed by atoms with Gasteiger partial charge in [0.15, 0.2) is 5.41 Å². The molecule has 0 bridgehead atoms. The Morgan fingerprint density at radius 1 is 0.593 bits per heavy atom. The average Bonchev–Trinajstić information content (AvgIpc) is 2.42. The molecule has 0 radical (unpaired) electrons. The lowest BCUT2D eigenvalue weighted by molar-refractivity contribution is -0.185. The Bertz CT molecular complexity index is 520. The van der Waals surface area contributed by atoms with Gasteiger partial charge in [0.05, 0.1) is 10.8 Å². The van der Waals surface area contributed by atoms with E-state index < -0.39 is 40.1 Å². The second-order valence-corrected chi connectivity index (χ2v) is 10.1. The first-order chi connectivity index (χ1) is 11.9. The zero-order chi connectivity index (χ0) is 21.8. The molecule has 0 saturated carbocycles. The van der Waals surface area contributed by atoms with Crippen LogP contribution in [0.5, 0.6) is 0 Å². The van der Waals surface area contributed by atoms with E-state index >= 15 is 0 Å². The first kappa shape index (κ1) is 25.3. The fourth-order valence-corrected chi connectivity index (χ4v) is 2.56. The topological polar surface area (TPSA) is 86.7 Å². The van der Waals surface area contributed by atoms with E-state index in [1.54, 1.807) is 41.5 Å². The lowest BCUT2D eigenvalue weighted by Crippen LogP contribution is -2.47. The fourth-order valence-electron chi connectivity index (χ4n) is 2.56. The summed E-state index contributed by atoms with van der Waals surface area (Å²) in [7, 11) is 0. The zero-order valence-corrected chi connectivity index (χ0v) is 18.5. The van der Waals surface area contributed by atoms with Crippen LogP contribution in [0, 0.1) is 28.1 Å². The van der Waals surface area contributed by atoms with Gasteiger partial charge >= 0.3 is 23.9 Å². The summed E-state index contributed by atoms with van der Waals surface area (Å²) in [5.41, 5.74) is -3.51. The van der Waals surface area contributed by atoms with Crippen molar-refractivity contribution in [2.24, 2.45) is 28.1 Å². The maximum atomic E-state index is 13.0. The minimum Gasteiger partial charge on any atom is -0.392 e. The van der Waals surface area contributed by atoms with Gasteiger partial charge in [-0.1, -0.05) is 27.7 Å². The molecule has 0 spiro atoms. The number of hydrogen-bond acceptors (Lipinski definition) is 6. The number of ether oxygens (including phenoxy) is 2. The molecule has 0 aromatic carbocycles. The van der Waals surface area contributed by atoms with Crippen LogP contribution in [0.15, 0.2) is 0 Å². The Morgan fingerprint density at radius 2 is 0.852 bits per heavy atom. The third-order valence-electron chi connectivity index (χ3n) is 3.89. The summed E-state index contributed by atoms with van der Waals surface area (Å²) in [6, 6.07) is 0. The Hall–Kier alpha value is -1.72. The summed E-state index contributed by atoms with van der Waals surface area (Å²) in [4.78, 5) is 50.5. The van der Waals surface area contributed by atoms with Crippen LogP contribution in [0.1, 0.15) is 82.1 Å². The highest BCUT2D eigenvalue weighted by molar-refractivity contribution is 6.06. The molecular weight excluding hydrogens is 348 g/mol. The average molecular weight is 385 g/mol. The maximum absolute atomic E-state index is 13.0. The molecule has 0 atom stereocenters. The van der Waals surface area contributed by atoms with E-state index in [1.165, 1.54) is 0 Å². The maximum Gasteiger partial charge on any atom is 0.331 e. The molecule has 0 heterocycles. The SMILES string of the molecule is CC(C)CC(CC(C)C)(C(=O)OC(=O)C(C)(C)C)C(=O)OC(=O)C(C)(C)C. The van der Waals surface area contributed by atoms with Gasteiger partial charge in [0.1, 0.15) is 0 Å². The normalized spacial score (nSPS) is 12.9. The molecular formula is C21H36O6. The number of hydrogen-bond donors (Lipinski definition) is 0. The lowest BCUT2D eigenvalue weighted by Gasteiger charge is -2.33. The molecule has 0 aliphatic carbocycles. The standard InChI is InChI=1S/C21H36O6/c1-13(2)11-21(12-14(3)4,17(24)26-15(22)19(5,6)7)18(25)27-16(23)20(8,9)10/h13-14H,11-12H2,1-10H3. The molecule has 27 heavy (non-hydrogen) atoms. The van der Waals surface area contributed by atoms with Crippen LogP contribution in [0.4, 0.5) is 0 Å². The van der Waals surface area contributed by atoms with Crippen LogP contribution in [0.3, 0.4) is 0 Å². The molecule has 0 amide bonds. The van der Waals surface area contributed by atoms with Gasteiger partial charge < -0.3 is 9.47 Å². The second-order valence-electron chi connectivity index (χ2n) is 10.1. The molecule has 6 heteroatoms. The molecule has 0 unspecified atom stereocenters. The predicted molar refractivity (Wildman–Crippen MR) is 102 cm³/mol. The first-order valence-electron chi connectivity index (χ1n) is 9.47. The summed E-state index contributed by atoms with van der Waals surface area (Å²) < 4.78 is 10.2. The molecule has 0 aromatic rings. The van der Waals surface area contributed by atoms with Crippen molar-refractivity contribution in [3.05, 3.63) is 0 Å².